The van der Waals surface area contributed by atoms with Crippen molar-refractivity contribution >= 4 is 11.8 Å². The number of ether oxygens (including phenoxy) is 3. The van der Waals surface area contributed by atoms with E-state index in [2.05, 4.69) is 11.9 Å². The van der Waals surface area contributed by atoms with Gasteiger partial charge in [-0.25, -0.2) is 4.79 Å². The largest absolute Gasteiger partial charge is 0.490 e. The van der Waals surface area contributed by atoms with E-state index in [0.29, 0.717) is 30.4 Å². The first-order valence-corrected chi connectivity index (χ1v) is 6.15. The third kappa shape index (κ3) is 4.91. The lowest BCUT2D eigenvalue weighted by Gasteiger charge is -2.12. The Morgan fingerprint density at radius 3 is 2.58 bits per heavy atom. The number of hydrogen-bond acceptors (Lipinski definition) is 4. The molecule has 104 valence electrons. The van der Waals surface area contributed by atoms with E-state index in [9.17, 15) is 4.79 Å². The van der Waals surface area contributed by atoms with Gasteiger partial charge >= 0.3 is 6.09 Å². The molecule has 0 fully saturated rings. The molecule has 1 N–H and O–H groups in total. The van der Waals surface area contributed by atoms with Crippen molar-refractivity contribution in [2.24, 2.45) is 0 Å². The number of carbonyl (C=O) groups excluding carboxylic acids is 1. The molecule has 1 amide bonds. The van der Waals surface area contributed by atoms with E-state index in [-0.39, 0.29) is 6.61 Å². The molecule has 5 heteroatoms. The maximum Gasteiger partial charge on any atom is 0.411 e. The van der Waals surface area contributed by atoms with Gasteiger partial charge in [-0.05, 0) is 26.0 Å². The second-order valence-electron chi connectivity index (χ2n) is 3.54. The number of carbonyl (C=O) groups is 1. The molecule has 5 nitrogen and oxygen atoms in total. The van der Waals surface area contributed by atoms with Gasteiger partial charge in [0.25, 0.3) is 0 Å². The zero-order chi connectivity index (χ0) is 14.1. The Bertz CT molecular complexity index is 431. The molecule has 1 rings (SSSR count). The van der Waals surface area contributed by atoms with Gasteiger partial charge in [0.2, 0.25) is 0 Å². The van der Waals surface area contributed by atoms with Crippen molar-refractivity contribution in [2.45, 2.75) is 13.8 Å². The van der Waals surface area contributed by atoms with Crippen LogP contribution in [0.2, 0.25) is 0 Å². The second-order valence-corrected chi connectivity index (χ2v) is 3.54. The van der Waals surface area contributed by atoms with E-state index >= 15 is 0 Å². The Morgan fingerprint density at radius 1 is 1.26 bits per heavy atom. The fourth-order valence-electron chi connectivity index (χ4n) is 1.42. The van der Waals surface area contributed by atoms with Crippen LogP contribution in [0.3, 0.4) is 0 Å². The van der Waals surface area contributed by atoms with Gasteiger partial charge in [-0.1, -0.05) is 12.7 Å². The molecule has 0 saturated heterocycles. The minimum absolute atomic E-state index is 0.168. The van der Waals surface area contributed by atoms with Crippen molar-refractivity contribution in [3.63, 3.8) is 0 Å². The van der Waals surface area contributed by atoms with Crippen molar-refractivity contribution in [3.8, 4) is 11.5 Å². The van der Waals surface area contributed by atoms with Gasteiger partial charge in [0.15, 0.2) is 11.5 Å². The highest BCUT2D eigenvalue weighted by Crippen LogP contribution is 2.30. The minimum Gasteiger partial charge on any atom is -0.490 e. The van der Waals surface area contributed by atoms with Crippen molar-refractivity contribution in [3.05, 3.63) is 30.9 Å². The molecule has 0 heterocycles. The van der Waals surface area contributed by atoms with Gasteiger partial charge in [-0.15, -0.1) is 0 Å². The fourth-order valence-corrected chi connectivity index (χ4v) is 1.42. The summed E-state index contributed by atoms with van der Waals surface area (Å²) in [6.07, 6.45) is 0.968. The summed E-state index contributed by atoms with van der Waals surface area (Å²) < 4.78 is 15.7. The van der Waals surface area contributed by atoms with E-state index in [1.165, 1.54) is 6.08 Å². The van der Waals surface area contributed by atoms with Gasteiger partial charge in [-0.3, -0.25) is 5.32 Å². The highest BCUT2D eigenvalue weighted by molar-refractivity contribution is 5.85. The summed E-state index contributed by atoms with van der Waals surface area (Å²) in [5.41, 5.74) is 0.584. The highest BCUT2D eigenvalue weighted by atomic mass is 16.5. The molecule has 19 heavy (non-hydrogen) atoms. The molecule has 1 aromatic rings. The van der Waals surface area contributed by atoms with Crippen LogP contribution in [0.1, 0.15) is 13.8 Å². The van der Waals surface area contributed by atoms with Gasteiger partial charge in [-0.2, -0.15) is 0 Å². The van der Waals surface area contributed by atoms with E-state index in [4.69, 9.17) is 14.2 Å². The Labute approximate surface area is 113 Å². The van der Waals surface area contributed by atoms with E-state index in [1.54, 1.807) is 18.2 Å². The minimum atomic E-state index is -0.536. The van der Waals surface area contributed by atoms with Crippen LogP contribution in [-0.2, 0) is 4.74 Å². The van der Waals surface area contributed by atoms with Crippen LogP contribution in [0.15, 0.2) is 30.9 Å². The number of amides is 1. The molecule has 0 radical (unpaired) electrons. The first-order valence-electron chi connectivity index (χ1n) is 6.15. The molecule has 0 aliphatic rings. The quantitative estimate of drug-likeness (QED) is 0.769. The molecule has 0 aliphatic heterocycles. The number of anilines is 1. The lowest BCUT2D eigenvalue weighted by molar-refractivity contribution is 0.174. The average Bonchev–Trinajstić information content (AvgIpc) is 2.40. The topological polar surface area (TPSA) is 56.8 Å². The van der Waals surface area contributed by atoms with Crippen molar-refractivity contribution in [2.75, 3.05) is 25.1 Å². The molecule has 0 atom stereocenters. The first kappa shape index (κ1) is 14.9. The van der Waals surface area contributed by atoms with Gasteiger partial charge in [0, 0.05) is 11.8 Å². The van der Waals surface area contributed by atoms with Gasteiger partial charge in [0.05, 0.1) is 13.2 Å². The maximum absolute atomic E-state index is 11.4. The predicted molar refractivity (Wildman–Crippen MR) is 73.9 cm³/mol. The zero-order valence-corrected chi connectivity index (χ0v) is 11.3. The van der Waals surface area contributed by atoms with Crippen LogP contribution in [-0.4, -0.2) is 25.9 Å². The summed E-state index contributed by atoms with van der Waals surface area (Å²) in [6.45, 7) is 8.49. The maximum atomic E-state index is 11.4. The second kappa shape index (κ2) is 8.02. The third-order valence-corrected chi connectivity index (χ3v) is 2.12. The summed E-state index contributed by atoms with van der Waals surface area (Å²) in [4.78, 5) is 11.4. The molecular weight excluding hydrogens is 246 g/mol. The van der Waals surface area contributed by atoms with Crippen LogP contribution >= 0.6 is 0 Å². The Kier molecular flexibility index (Phi) is 6.29. The molecule has 0 bridgehead atoms. The summed E-state index contributed by atoms with van der Waals surface area (Å²) in [5, 5.41) is 2.60. The van der Waals surface area contributed by atoms with Crippen LogP contribution < -0.4 is 14.8 Å². The van der Waals surface area contributed by atoms with E-state index in [1.807, 2.05) is 13.8 Å². The lowest BCUT2D eigenvalue weighted by Crippen LogP contribution is -2.13. The van der Waals surface area contributed by atoms with Crippen LogP contribution in [0.25, 0.3) is 0 Å². The normalized spacial score (nSPS) is 9.58. The summed E-state index contributed by atoms with van der Waals surface area (Å²) >= 11 is 0. The van der Waals surface area contributed by atoms with E-state index < -0.39 is 6.09 Å². The van der Waals surface area contributed by atoms with E-state index in [0.717, 1.165) is 0 Å². The number of nitrogens with one attached hydrogen (secondary N) is 1. The average molecular weight is 265 g/mol. The summed E-state index contributed by atoms with van der Waals surface area (Å²) in [6, 6.07) is 5.17. The Balaban J connectivity index is 2.76. The standard InChI is InChI=1S/C14H19NO4/c1-4-9-19-14(16)15-11-7-8-12(17-5-2)13(10-11)18-6-3/h4,7-8,10H,1,5-6,9H2,2-3H3,(H,15,16). The number of rotatable bonds is 7. The van der Waals surface area contributed by atoms with Crippen molar-refractivity contribution in [1.82, 2.24) is 0 Å². The number of hydrogen-bond donors (Lipinski definition) is 1. The molecular formula is C14H19NO4. The smallest absolute Gasteiger partial charge is 0.411 e. The Morgan fingerprint density at radius 2 is 1.95 bits per heavy atom. The van der Waals surface area contributed by atoms with Gasteiger partial charge in [0.1, 0.15) is 6.61 Å². The predicted octanol–water partition coefficient (Wildman–Crippen LogP) is 3.22. The monoisotopic (exact) mass is 265 g/mol. The van der Waals surface area contributed by atoms with Crippen LogP contribution in [0.4, 0.5) is 10.5 Å². The molecule has 0 aromatic heterocycles. The van der Waals surface area contributed by atoms with Gasteiger partial charge < -0.3 is 14.2 Å². The number of benzene rings is 1. The lowest BCUT2D eigenvalue weighted by atomic mass is 10.2. The fraction of sp³-hybridized carbons (Fsp3) is 0.357. The molecule has 1 aromatic carbocycles. The highest BCUT2D eigenvalue weighted by Gasteiger charge is 2.08. The van der Waals surface area contributed by atoms with Crippen molar-refractivity contribution in [1.29, 1.82) is 0 Å². The molecule has 0 saturated carbocycles. The van der Waals surface area contributed by atoms with Crippen LogP contribution in [0.5, 0.6) is 11.5 Å². The Hall–Kier alpha value is -2.17. The molecule has 0 unspecified atom stereocenters. The summed E-state index contributed by atoms with van der Waals surface area (Å²) in [5.74, 6) is 1.24. The zero-order valence-electron chi connectivity index (χ0n) is 11.3. The van der Waals surface area contributed by atoms with Crippen molar-refractivity contribution < 1.29 is 19.0 Å². The first-order chi connectivity index (χ1) is 9.21. The molecule has 0 spiro atoms. The third-order valence-electron chi connectivity index (χ3n) is 2.12. The summed E-state index contributed by atoms with van der Waals surface area (Å²) in [7, 11) is 0. The molecule has 0 aliphatic carbocycles. The SMILES string of the molecule is C=CCOC(=O)Nc1ccc(OCC)c(OCC)c1. The van der Waals surface area contributed by atoms with Crippen LogP contribution in [0, 0.1) is 0 Å².